The predicted molar refractivity (Wildman–Crippen MR) is 79.8 cm³/mol. The second kappa shape index (κ2) is 6.37. The van der Waals surface area contributed by atoms with Crippen molar-refractivity contribution < 1.29 is 14.4 Å². The first kappa shape index (κ1) is 15.0. The van der Waals surface area contributed by atoms with Crippen LogP contribution in [0.5, 0.6) is 0 Å². The molecule has 4 nitrogen and oxygen atoms in total. The number of carbonyl (C=O) groups excluding carboxylic acids is 1. The van der Waals surface area contributed by atoms with Gasteiger partial charge in [0, 0.05) is 16.8 Å². The van der Waals surface area contributed by atoms with E-state index in [0.29, 0.717) is 17.0 Å². The van der Waals surface area contributed by atoms with E-state index in [-0.39, 0.29) is 10.6 Å². The molecular formula is C15H12ClFN2O2. The zero-order valence-electron chi connectivity index (χ0n) is 11.1. The standard InChI is InChI=1S/C15H12ClFN2O2/c1-9(19-21)10-3-2-4-12(7-10)18-15(20)11-5-6-13(16)14(17)8-11/h2-8,21H,1H3,(H,18,20)/b19-9-. The Labute approximate surface area is 125 Å². The number of nitrogens with zero attached hydrogens (tertiary/aromatic N) is 1. The lowest BCUT2D eigenvalue weighted by Crippen LogP contribution is -2.12. The van der Waals surface area contributed by atoms with Crippen molar-refractivity contribution in [3.63, 3.8) is 0 Å². The number of carbonyl (C=O) groups is 1. The molecule has 2 rings (SSSR count). The number of hydrogen-bond donors (Lipinski definition) is 2. The number of benzene rings is 2. The van der Waals surface area contributed by atoms with Gasteiger partial charge < -0.3 is 10.5 Å². The van der Waals surface area contributed by atoms with Crippen LogP contribution in [0.15, 0.2) is 47.6 Å². The number of oxime groups is 1. The minimum Gasteiger partial charge on any atom is -0.411 e. The molecule has 0 aromatic heterocycles. The van der Waals surface area contributed by atoms with Crippen LogP contribution in [0, 0.1) is 5.82 Å². The van der Waals surface area contributed by atoms with Crippen LogP contribution in [-0.2, 0) is 0 Å². The fourth-order valence-electron chi connectivity index (χ4n) is 1.72. The van der Waals surface area contributed by atoms with E-state index >= 15 is 0 Å². The molecule has 6 heteroatoms. The number of rotatable bonds is 3. The Morgan fingerprint density at radius 2 is 2.00 bits per heavy atom. The van der Waals surface area contributed by atoms with Crippen molar-refractivity contribution in [1.29, 1.82) is 0 Å². The minimum absolute atomic E-state index is 0.0386. The van der Waals surface area contributed by atoms with Gasteiger partial charge in [0.05, 0.1) is 10.7 Å². The largest absolute Gasteiger partial charge is 0.411 e. The molecule has 0 aliphatic heterocycles. The smallest absolute Gasteiger partial charge is 0.255 e. The van der Waals surface area contributed by atoms with E-state index in [1.54, 1.807) is 31.2 Å². The summed E-state index contributed by atoms with van der Waals surface area (Å²) in [6.07, 6.45) is 0. The van der Waals surface area contributed by atoms with Crippen molar-refractivity contribution in [3.8, 4) is 0 Å². The summed E-state index contributed by atoms with van der Waals surface area (Å²) in [5.41, 5.74) is 1.76. The first-order chi connectivity index (χ1) is 10.0. The molecule has 0 unspecified atom stereocenters. The number of nitrogens with one attached hydrogen (secondary N) is 1. The summed E-state index contributed by atoms with van der Waals surface area (Å²) in [6, 6.07) is 10.6. The molecule has 2 aromatic carbocycles. The lowest BCUT2D eigenvalue weighted by Gasteiger charge is -2.07. The molecule has 2 N–H and O–H groups in total. The highest BCUT2D eigenvalue weighted by Crippen LogP contribution is 2.17. The van der Waals surface area contributed by atoms with Crippen molar-refractivity contribution in [3.05, 3.63) is 64.4 Å². The maximum atomic E-state index is 13.3. The van der Waals surface area contributed by atoms with Crippen molar-refractivity contribution in [2.75, 3.05) is 5.32 Å². The quantitative estimate of drug-likeness (QED) is 0.513. The number of halogens is 2. The second-order valence-corrected chi connectivity index (χ2v) is 4.76. The Balaban J connectivity index is 2.21. The molecular weight excluding hydrogens is 295 g/mol. The molecule has 21 heavy (non-hydrogen) atoms. The topological polar surface area (TPSA) is 61.7 Å². The molecule has 0 aliphatic carbocycles. The number of hydrogen-bond acceptors (Lipinski definition) is 3. The molecule has 2 aromatic rings. The summed E-state index contributed by atoms with van der Waals surface area (Å²) >= 11 is 5.57. The molecule has 0 bridgehead atoms. The Kier molecular flexibility index (Phi) is 4.55. The van der Waals surface area contributed by atoms with E-state index in [2.05, 4.69) is 10.5 Å². The lowest BCUT2D eigenvalue weighted by atomic mass is 10.1. The van der Waals surface area contributed by atoms with Crippen molar-refractivity contribution in [2.24, 2.45) is 5.16 Å². The zero-order valence-corrected chi connectivity index (χ0v) is 11.9. The summed E-state index contributed by atoms with van der Waals surface area (Å²) < 4.78 is 13.3. The Bertz CT molecular complexity index is 717. The summed E-state index contributed by atoms with van der Waals surface area (Å²) in [7, 11) is 0. The van der Waals surface area contributed by atoms with Gasteiger partial charge in [-0.3, -0.25) is 4.79 Å². The molecule has 0 spiro atoms. The third-order valence-electron chi connectivity index (χ3n) is 2.87. The highest BCUT2D eigenvalue weighted by Gasteiger charge is 2.10. The molecule has 0 radical (unpaired) electrons. The van der Waals surface area contributed by atoms with Gasteiger partial charge in [0.15, 0.2) is 0 Å². The van der Waals surface area contributed by atoms with Crippen molar-refractivity contribution in [2.45, 2.75) is 6.92 Å². The zero-order chi connectivity index (χ0) is 15.4. The van der Waals surface area contributed by atoms with Crippen LogP contribution in [0.2, 0.25) is 5.02 Å². The Morgan fingerprint density at radius 1 is 1.24 bits per heavy atom. The second-order valence-electron chi connectivity index (χ2n) is 4.35. The van der Waals surface area contributed by atoms with Gasteiger partial charge >= 0.3 is 0 Å². The van der Waals surface area contributed by atoms with Crippen LogP contribution in [0.3, 0.4) is 0 Å². The first-order valence-electron chi connectivity index (χ1n) is 6.07. The van der Waals surface area contributed by atoms with Crippen LogP contribution < -0.4 is 5.32 Å². The van der Waals surface area contributed by atoms with Crippen LogP contribution in [-0.4, -0.2) is 16.8 Å². The van der Waals surface area contributed by atoms with Crippen molar-refractivity contribution in [1.82, 2.24) is 0 Å². The van der Waals surface area contributed by atoms with Gasteiger partial charge in [-0.2, -0.15) is 0 Å². The van der Waals surface area contributed by atoms with Crippen LogP contribution in [0.1, 0.15) is 22.8 Å². The van der Waals surface area contributed by atoms with E-state index in [4.69, 9.17) is 16.8 Å². The van der Waals surface area contributed by atoms with E-state index < -0.39 is 11.7 Å². The first-order valence-corrected chi connectivity index (χ1v) is 6.44. The molecule has 0 atom stereocenters. The minimum atomic E-state index is -0.652. The summed E-state index contributed by atoms with van der Waals surface area (Å²) in [5.74, 6) is -1.11. The monoisotopic (exact) mass is 306 g/mol. The SMILES string of the molecule is C/C(=N/O)c1cccc(NC(=O)c2ccc(Cl)c(F)c2)c1. The van der Waals surface area contributed by atoms with Crippen LogP contribution in [0.25, 0.3) is 0 Å². The van der Waals surface area contributed by atoms with Gasteiger partial charge in [-0.25, -0.2) is 4.39 Å². The van der Waals surface area contributed by atoms with Gasteiger partial charge in [-0.15, -0.1) is 0 Å². The fourth-order valence-corrected chi connectivity index (χ4v) is 1.84. The molecule has 1 amide bonds. The average Bonchev–Trinajstić information content (AvgIpc) is 2.49. The molecule has 0 fully saturated rings. The molecule has 0 saturated carbocycles. The van der Waals surface area contributed by atoms with Crippen molar-refractivity contribution >= 4 is 28.9 Å². The Hall–Kier alpha value is -2.40. The van der Waals surface area contributed by atoms with E-state index in [1.807, 2.05) is 0 Å². The van der Waals surface area contributed by atoms with Crippen LogP contribution >= 0.6 is 11.6 Å². The molecule has 108 valence electrons. The average molecular weight is 307 g/mol. The number of amides is 1. The maximum Gasteiger partial charge on any atom is 0.255 e. The summed E-state index contributed by atoms with van der Waals surface area (Å²) in [4.78, 5) is 12.0. The Morgan fingerprint density at radius 3 is 2.67 bits per heavy atom. The van der Waals surface area contributed by atoms with Crippen LogP contribution in [0.4, 0.5) is 10.1 Å². The lowest BCUT2D eigenvalue weighted by molar-refractivity contribution is 0.102. The third-order valence-corrected chi connectivity index (χ3v) is 3.18. The van der Waals surface area contributed by atoms with Gasteiger partial charge in [-0.1, -0.05) is 28.9 Å². The van der Waals surface area contributed by atoms with Gasteiger partial charge in [-0.05, 0) is 37.3 Å². The highest BCUT2D eigenvalue weighted by atomic mass is 35.5. The number of anilines is 1. The molecule has 0 saturated heterocycles. The summed E-state index contributed by atoms with van der Waals surface area (Å²) in [5, 5.41) is 14.4. The van der Waals surface area contributed by atoms with E-state index in [0.717, 1.165) is 6.07 Å². The van der Waals surface area contributed by atoms with E-state index in [1.165, 1.54) is 12.1 Å². The predicted octanol–water partition coefficient (Wildman–Crippen LogP) is 3.93. The van der Waals surface area contributed by atoms with Gasteiger partial charge in [0.25, 0.3) is 5.91 Å². The fraction of sp³-hybridized carbons (Fsp3) is 0.0667. The van der Waals surface area contributed by atoms with Gasteiger partial charge in [0.1, 0.15) is 5.82 Å². The normalized spacial score (nSPS) is 11.3. The van der Waals surface area contributed by atoms with Gasteiger partial charge in [0.2, 0.25) is 0 Å². The highest BCUT2D eigenvalue weighted by molar-refractivity contribution is 6.30. The van der Waals surface area contributed by atoms with E-state index in [9.17, 15) is 9.18 Å². The maximum absolute atomic E-state index is 13.3. The molecule has 0 aliphatic rings. The third kappa shape index (κ3) is 3.58. The summed E-state index contributed by atoms with van der Waals surface area (Å²) in [6.45, 7) is 1.63. The molecule has 0 heterocycles.